The zero-order valence-corrected chi connectivity index (χ0v) is 14.5. The van der Waals surface area contributed by atoms with Crippen molar-refractivity contribution in [2.24, 2.45) is 0 Å². The van der Waals surface area contributed by atoms with E-state index in [0.717, 1.165) is 16.3 Å². The Hall–Kier alpha value is -1.99. The number of carbonyl (C=O) groups is 1. The maximum atomic E-state index is 12.6. The van der Waals surface area contributed by atoms with E-state index >= 15 is 0 Å². The van der Waals surface area contributed by atoms with E-state index in [9.17, 15) is 4.79 Å². The van der Waals surface area contributed by atoms with Crippen LogP contribution in [0.2, 0.25) is 0 Å². The van der Waals surface area contributed by atoms with Crippen LogP contribution in [-0.2, 0) is 11.3 Å². The van der Waals surface area contributed by atoms with Gasteiger partial charge in [0, 0.05) is 43.7 Å². The molecular weight excluding hydrogens is 312 g/mol. The molecule has 2 aromatic heterocycles. The largest absolute Gasteiger partial charge is 0.383 e. The molecule has 0 fully saturated rings. The smallest absolute Gasteiger partial charge is 0.318 e. The Labute approximate surface area is 140 Å². The average molecular weight is 334 g/mol. The highest BCUT2D eigenvalue weighted by Gasteiger charge is 2.18. The zero-order chi connectivity index (χ0) is 16.7. The van der Waals surface area contributed by atoms with E-state index in [0.29, 0.717) is 19.7 Å². The van der Waals surface area contributed by atoms with Crippen molar-refractivity contribution in [1.29, 1.82) is 0 Å². The van der Waals surface area contributed by atoms with Gasteiger partial charge in [-0.2, -0.15) is 0 Å². The van der Waals surface area contributed by atoms with Crippen molar-refractivity contribution in [2.75, 3.05) is 20.3 Å². The number of amides is 2. The Morgan fingerprint density at radius 2 is 2.17 bits per heavy atom. The lowest BCUT2D eigenvalue weighted by molar-refractivity contribution is 0.145. The molecule has 0 bridgehead atoms. The molecule has 0 radical (unpaired) electrons. The number of nitrogens with zero attached hydrogens (tertiary/aromatic N) is 3. The highest BCUT2D eigenvalue weighted by molar-refractivity contribution is 7.09. The van der Waals surface area contributed by atoms with E-state index < -0.39 is 0 Å². The Balaban J connectivity index is 2.00. The van der Waals surface area contributed by atoms with Crippen molar-refractivity contribution < 1.29 is 9.53 Å². The van der Waals surface area contributed by atoms with E-state index in [2.05, 4.69) is 15.3 Å². The quantitative estimate of drug-likeness (QED) is 0.845. The fourth-order valence-electron chi connectivity index (χ4n) is 2.07. The maximum Gasteiger partial charge on any atom is 0.318 e. The lowest BCUT2D eigenvalue weighted by Crippen LogP contribution is -2.42. The highest BCUT2D eigenvalue weighted by Crippen LogP contribution is 2.18. The third-order valence-electron chi connectivity index (χ3n) is 3.32. The number of ether oxygens (including phenoxy) is 1. The summed E-state index contributed by atoms with van der Waals surface area (Å²) in [5, 5.41) is 5.90. The zero-order valence-electron chi connectivity index (χ0n) is 13.7. The molecule has 124 valence electrons. The molecule has 0 spiro atoms. The topological polar surface area (TPSA) is 67.3 Å². The lowest BCUT2D eigenvalue weighted by atomic mass is 10.2. The van der Waals surface area contributed by atoms with Crippen molar-refractivity contribution in [3.8, 4) is 0 Å². The average Bonchev–Trinajstić information content (AvgIpc) is 2.99. The summed E-state index contributed by atoms with van der Waals surface area (Å²) in [6.07, 6.45) is 3.45. The Morgan fingerprint density at radius 1 is 1.43 bits per heavy atom. The van der Waals surface area contributed by atoms with Gasteiger partial charge in [0.1, 0.15) is 5.01 Å². The Bertz CT molecular complexity index is 618. The molecule has 0 aliphatic rings. The fraction of sp³-hybridized carbons (Fsp3) is 0.438. The van der Waals surface area contributed by atoms with E-state index in [1.807, 2.05) is 31.4 Å². The van der Waals surface area contributed by atoms with Gasteiger partial charge in [0.05, 0.1) is 12.6 Å². The van der Waals surface area contributed by atoms with Gasteiger partial charge in [-0.15, -0.1) is 11.3 Å². The van der Waals surface area contributed by atoms with Gasteiger partial charge in [-0.05, 0) is 31.5 Å². The number of urea groups is 1. The number of nitrogens with one attached hydrogen (secondary N) is 1. The number of pyridine rings is 1. The summed E-state index contributed by atoms with van der Waals surface area (Å²) in [4.78, 5) is 22.7. The molecule has 0 aliphatic carbocycles. The number of methoxy groups -OCH3 is 1. The minimum atomic E-state index is -0.126. The molecule has 0 unspecified atom stereocenters. The summed E-state index contributed by atoms with van der Waals surface area (Å²) in [7, 11) is 1.63. The number of thiazole rings is 1. The Morgan fingerprint density at radius 3 is 2.78 bits per heavy atom. The number of aryl methyl sites for hydroxylation is 1. The SMILES string of the molecule is COCCN(Cc1ccncc1)C(=O)N[C@H](C)c1nc(C)cs1. The van der Waals surface area contributed by atoms with E-state index in [1.54, 1.807) is 35.7 Å². The summed E-state index contributed by atoms with van der Waals surface area (Å²) in [5.74, 6) is 0. The molecule has 0 aliphatic heterocycles. The van der Waals surface area contributed by atoms with Crippen LogP contribution in [0.25, 0.3) is 0 Å². The van der Waals surface area contributed by atoms with Crippen LogP contribution < -0.4 is 5.32 Å². The van der Waals surface area contributed by atoms with Crippen molar-refractivity contribution in [3.63, 3.8) is 0 Å². The van der Waals surface area contributed by atoms with Gasteiger partial charge in [-0.1, -0.05) is 0 Å². The van der Waals surface area contributed by atoms with Crippen LogP contribution >= 0.6 is 11.3 Å². The minimum Gasteiger partial charge on any atom is -0.383 e. The number of rotatable bonds is 7. The van der Waals surface area contributed by atoms with Gasteiger partial charge < -0.3 is 15.0 Å². The van der Waals surface area contributed by atoms with Crippen LogP contribution in [0.4, 0.5) is 4.79 Å². The first-order chi connectivity index (χ1) is 11.1. The summed E-state index contributed by atoms with van der Waals surface area (Å²) < 4.78 is 5.11. The first kappa shape index (κ1) is 17.4. The summed E-state index contributed by atoms with van der Waals surface area (Å²) in [6, 6.07) is 3.56. The predicted octanol–water partition coefficient (Wildman–Crippen LogP) is 2.77. The molecule has 2 amide bonds. The molecule has 7 heteroatoms. The van der Waals surface area contributed by atoms with Gasteiger partial charge >= 0.3 is 6.03 Å². The van der Waals surface area contributed by atoms with Crippen LogP contribution in [0.15, 0.2) is 29.9 Å². The van der Waals surface area contributed by atoms with Crippen molar-refractivity contribution in [1.82, 2.24) is 20.2 Å². The number of carbonyl (C=O) groups excluding carboxylic acids is 1. The first-order valence-electron chi connectivity index (χ1n) is 7.45. The van der Waals surface area contributed by atoms with E-state index in [-0.39, 0.29) is 12.1 Å². The standard InChI is InChI=1S/C16H22N4O2S/c1-12-11-23-15(18-12)13(2)19-16(21)20(8-9-22-3)10-14-4-6-17-7-5-14/h4-7,11,13H,8-10H2,1-3H3,(H,19,21)/t13-/m1/s1. The van der Waals surface area contributed by atoms with Gasteiger partial charge in [0.25, 0.3) is 0 Å². The second-order valence-electron chi connectivity index (χ2n) is 5.27. The number of hydrogen-bond acceptors (Lipinski definition) is 5. The van der Waals surface area contributed by atoms with Crippen LogP contribution in [0.5, 0.6) is 0 Å². The second-order valence-corrected chi connectivity index (χ2v) is 6.16. The molecule has 0 saturated carbocycles. The van der Waals surface area contributed by atoms with Crippen LogP contribution in [-0.4, -0.2) is 41.2 Å². The normalized spacial score (nSPS) is 12.0. The van der Waals surface area contributed by atoms with Crippen LogP contribution in [0.1, 0.15) is 29.2 Å². The van der Waals surface area contributed by atoms with Crippen molar-refractivity contribution in [2.45, 2.75) is 26.4 Å². The Kier molecular flexibility index (Phi) is 6.49. The molecular formula is C16H22N4O2S. The summed E-state index contributed by atoms with van der Waals surface area (Å²) >= 11 is 1.56. The first-order valence-corrected chi connectivity index (χ1v) is 8.33. The maximum absolute atomic E-state index is 12.6. The lowest BCUT2D eigenvalue weighted by Gasteiger charge is -2.24. The van der Waals surface area contributed by atoms with E-state index in [1.165, 1.54) is 0 Å². The third kappa shape index (κ3) is 5.30. The predicted molar refractivity (Wildman–Crippen MR) is 90.3 cm³/mol. The van der Waals surface area contributed by atoms with E-state index in [4.69, 9.17) is 4.74 Å². The fourth-order valence-corrected chi connectivity index (χ4v) is 2.88. The summed E-state index contributed by atoms with van der Waals surface area (Å²) in [5.41, 5.74) is 2.00. The number of aromatic nitrogens is 2. The van der Waals surface area contributed by atoms with Crippen molar-refractivity contribution >= 4 is 17.4 Å². The molecule has 6 nitrogen and oxygen atoms in total. The van der Waals surface area contributed by atoms with Gasteiger partial charge in [-0.3, -0.25) is 4.98 Å². The molecule has 2 aromatic rings. The minimum absolute atomic E-state index is 0.122. The van der Waals surface area contributed by atoms with Gasteiger partial charge in [0.15, 0.2) is 0 Å². The van der Waals surface area contributed by atoms with Crippen molar-refractivity contribution in [3.05, 3.63) is 46.2 Å². The molecule has 1 N–H and O–H groups in total. The molecule has 1 atom stereocenters. The monoisotopic (exact) mass is 334 g/mol. The van der Waals surface area contributed by atoms with Gasteiger partial charge in [-0.25, -0.2) is 9.78 Å². The summed E-state index contributed by atoms with van der Waals surface area (Å²) in [6.45, 7) is 5.42. The molecule has 0 aromatic carbocycles. The molecule has 2 rings (SSSR count). The number of hydrogen-bond donors (Lipinski definition) is 1. The molecule has 2 heterocycles. The van der Waals surface area contributed by atoms with Crippen LogP contribution in [0, 0.1) is 6.92 Å². The van der Waals surface area contributed by atoms with Crippen LogP contribution in [0.3, 0.4) is 0 Å². The third-order valence-corrected chi connectivity index (χ3v) is 4.47. The van der Waals surface area contributed by atoms with Gasteiger partial charge in [0.2, 0.25) is 0 Å². The second kappa shape index (κ2) is 8.59. The highest BCUT2D eigenvalue weighted by atomic mass is 32.1. The molecule has 23 heavy (non-hydrogen) atoms. The molecule has 0 saturated heterocycles.